The monoisotopic (exact) mass is 234 g/mol. The molecule has 84 valence electrons. The highest BCUT2D eigenvalue weighted by Crippen LogP contribution is 2.45. The van der Waals surface area contributed by atoms with Crippen LogP contribution in [-0.2, 0) is 0 Å². The molecule has 0 amide bonds. The molecule has 0 radical (unpaired) electrons. The van der Waals surface area contributed by atoms with Gasteiger partial charge in [-0.15, -0.1) is 10.2 Å². The Morgan fingerprint density at radius 3 is 2.75 bits per heavy atom. The third-order valence-electron chi connectivity index (χ3n) is 2.99. The van der Waals surface area contributed by atoms with Gasteiger partial charge in [0.25, 0.3) is 0 Å². The second-order valence-corrected chi connectivity index (χ2v) is 5.53. The third kappa shape index (κ3) is 1.94. The highest BCUT2D eigenvalue weighted by Gasteiger charge is 2.36. The molecule has 0 spiro atoms. The summed E-state index contributed by atoms with van der Waals surface area (Å²) in [6.07, 6.45) is 5.66. The summed E-state index contributed by atoms with van der Waals surface area (Å²) < 4.78 is 2.33. The fraction of sp³-hybridized carbons (Fsp3) is 0.727. The molecule has 5 heteroatoms. The number of hydrogen-bond acceptors (Lipinski definition) is 4. The van der Waals surface area contributed by atoms with Crippen LogP contribution >= 0.6 is 11.8 Å². The highest BCUT2D eigenvalue weighted by molar-refractivity contribution is 7.99. The largest absolute Gasteiger partial charge is 0.303 e. The van der Waals surface area contributed by atoms with E-state index in [1.54, 1.807) is 11.8 Å². The van der Waals surface area contributed by atoms with Crippen LogP contribution in [0.4, 0.5) is 0 Å². The van der Waals surface area contributed by atoms with Crippen LogP contribution in [0.1, 0.15) is 49.9 Å². The van der Waals surface area contributed by atoms with Crippen LogP contribution in [0.2, 0.25) is 0 Å². The Kier molecular flexibility index (Phi) is 2.60. The van der Waals surface area contributed by atoms with Gasteiger partial charge in [-0.2, -0.15) is 5.26 Å². The number of rotatable bonds is 5. The lowest BCUT2D eigenvalue weighted by Crippen LogP contribution is -2.02. The summed E-state index contributed by atoms with van der Waals surface area (Å²) in [4.78, 5) is 0. The molecule has 0 N–H and O–H groups in total. The van der Waals surface area contributed by atoms with Gasteiger partial charge in [-0.3, -0.25) is 0 Å². The summed E-state index contributed by atoms with van der Waals surface area (Å²) in [5.41, 5.74) is 0. The van der Waals surface area contributed by atoms with E-state index in [1.165, 1.54) is 31.5 Å². The first-order valence-corrected chi connectivity index (χ1v) is 6.83. The minimum Gasteiger partial charge on any atom is -0.303 e. The molecular formula is C11H14N4S. The Bertz CT molecular complexity index is 426. The van der Waals surface area contributed by atoms with Crippen molar-refractivity contribution in [2.75, 3.05) is 5.75 Å². The Balaban J connectivity index is 1.78. The fourth-order valence-electron chi connectivity index (χ4n) is 1.87. The van der Waals surface area contributed by atoms with E-state index in [2.05, 4.69) is 20.8 Å². The predicted molar refractivity (Wildman–Crippen MR) is 61.2 cm³/mol. The van der Waals surface area contributed by atoms with E-state index in [0.29, 0.717) is 18.4 Å². The van der Waals surface area contributed by atoms with E-state index in [4.69, 9.17) is 5.26 Å². The van der Waals surface area contributed by atoms with Gasteiger partial charge in [0.1, 0.15) is 5.82 Å². The van der Waals surface area contributed by atoms with Crippen LogP contribution in [0, 0.1) is 11.3 Å². The van der Waals surface area contributed by atoms with Crippen LogP contribution in [-0.4, -0.2) is 20.5 Å². The predicted octanol–water partition coefficient (Wildman–Crippen LogP) is 2.50. The van der Waals surface area contributed by atoms with Crippen LogP contribution in [0.25, 0.3) is 0 Å². The summed E-state index contributed by atoms with van der Waals surface area (Å²) in [5.74, 6) is 2.69. The van der Waals surface area contributed by atoms with E-state index in [-0.39, 0.29) is 0 Å². The minimum absolute atomic E-state index is 0.584. The van der Waals surface area contributed by atoms with E-state index in [9.17, 15) is 0 Å². The number of hydrogen-bond donors (Lipinski definition) is 0. The van der Waals surface area contributed by atoms with Crippen molar-refractivity contribution in [2.45, 2.75) is 49.2 Å². The molecule has 0 aliphatic heterocycles. The first-order chi connectivity index (χ1) is 7.90. The second kappa shape index (κ2) is 4.10. The quantitative estimate of drug-likeness (QED) is 0.580. The Morgan fingerprint density at radius 1 is 1.31 bits per heavy atom. The molecule has 1 aromatic rings. The highest BCUT2D eigenvalue weighted by atomic mass is 32.2. The van der Waals surface area contributed by atoms with Crippen LogP contribution in [0.5, 0.6) is 0 Å². The molecule has 2 aliphatic rings. The summed E-state index contributed by atoms with van der Waals surface area (Å²) in [6.45, 7) is 0. The van der Waals surface area contributed by atoms with E-state index < -0.39 is 0 Å². The van der Waals surface area contributed by atoms with Crippen molar-refractivity contribution < 1.29 is 0 Å². The molecule has 2 aliphatic carbocycles. The van der Waals surface area contributed by atoms with Crippen molar-refractivity contribution in [3.8, 4) is 6.07 Å². The van der Waals surface area contributed by atoms with Crippen molar-refractivity contribution >= 4 is 11.8 Å². The molecule has 1 aromatic heterocycles. The zero-order valence-electron chi connectivity index (χ0n) is 9.09. The van der Waals surface area contributed by atoms with Gasteiger partial charge < -0.3 is 4.57 Å². The molecule has 0 atom stereocenters. The Labute approximate surface area is 99.0 Å². The van der Waals surface area contributed by atoms with Gasteiger partial charge >= 0.3 is 0 Å². The van der Waals surface area contributed by atoms with Crippen molar-refractivity contribution in [1.29, 1.82) is 5.26 Å². The first kappa shape index (κ1) is 10.2. The lowest BCUT2D eigenvalue weighted by Gasteiger charge is -2.06. The molecule has 0 aromatic carbocycles. The third-order valence-corrected chi connectivity index (χ3v) is 3.94. The van der Waals surface area contributed by atoms with Crippen LogP contribution in [0.3, 0.4) is 0 Å². The lowest BCUT2D eigenvalue weighted by atomic mass is 10.4. The molecule has 3 rings (SSSR count). The summed E-state index contributed by atoms with van der Waals surface area (Å²) >= 11 is 1.67. The zero-order valence-corrected chi connectivity index (χ0v) is 9.91. The molecule has 1 heterocycles. The molecule has 0 unspecified atom stereocenters. The molecule has 16 heavy (non-hydrogen) atoms. The number of aromatic nitrogens is 3. The molecule has 0 bridgehead atoms. The van der Waals surface area contributed by atoms with Gasteiger partial charge in [0.2, 0.25) is 0 Å². The summed E-state index contributed by atoms with van der Waals surface area (Å²) in [5, 5.41) is 18.2. The average molecular weight is 234 g/mol. The molecular weight excluding hydrogens is 220 g/mol. The standard InChI is InChI=1S/C11H14N4S/c12-6-1-7-16-11-14-13-10(8-2-3-8)15(11)9-4-5-9/h8-9H,1-5,7H2. The van der Waals surface area contributed by atoms with Gasteiger partial charge in [0.05, 0.1) is 6.07 Å². The van der Waals surface area contributed by atoms with Crippen LogP contribution in [0.15, 0.2) is 5.16 Å². The van der Waals surface area contributed by atoms with Gasteiger partial charge in [-0.1, -0.05) is 11.8 Å². The smallest absolute Gasteiger partial charge is 0.191 e. The fourth-order valence-corrected chi connectivity index (χ4v) is 2.73. The molecule has 2 fully saturated rings. The number of nitriles is 1. The maximum absolute atomic E-state index is 8.53. The minimum atomic E-state index is 0.584. The number of thioether (sulfide) groups is 1. The van der Waals surface area contributed by atoms with Gasteiger partial charge in [0, 0.05) is 24.1 Å². The second-order valence-electron chi connectivity index (χ2n) is 4.47. The van der Waals surface area contributed by atoms with Crippen molar-refractivity contribution in [1.82, 2.24) is 14.8 Å². The van der Waals surface area contributed by atoms with E-state index in [0.717, 1.165) is 10.9 Å². The summed E-state index contributed by atoms with van der Waals surface area (Å²) in [7, 11) is 0. The molecule has 2 saturated carbocycles. The Morgan fingerprint density at radius 2 is 2.12 bits per heavy atom. The molecule has 0 saturated heterocycles. The van der Waals surface area contributed by atoms with Crippen molar-refractivity contribution in [3.63, 3.8) is 0 Å². The van der Waals surface area contributed by atoms with E-state index in [1.807, 2.05) is 0 Å². The van der Waals surface area contributed by atoms with E-state index >= 15 is 0 Å². The van der Waals surface area contributed by atoms with Crippen LogP contribution < -0.4 is 0 Å². The van der Waals surface area contributed by atoms with Gasteiger partial charge in [-0.05, 0) is 25.7 Å². The maximum atomic E-state index is 8.53. The van der Waals surface area contributed by atoms with Crippen molar-refractivity contribution in [2.24, 2.45) is 0 Å². The zero-order chi connectivity index (χ0) is 11.0. The first-order valence-electron chi connectivity index (χ1n) is 5.84. The number of nitrogens with zero attached hydrogens (tertiary/aromatic N) is 4. The Hall–Kier alpha value is -1.02. The average Bonchev–Trinajstić information content (AvgIpc) is 3.19. The molecule has 4 nitrogen and oxygen atoms in total. The van der Waals surface area contributed by atoms with Gasteiger partial charge in [0.15, 0.2) is 5.16 Å². The van der Waals surface area contributed by atoms with Crippen molar-refractivity contribution in [3.05, 3.63) is 5.82 Å². The lowest BCUT2D eigenvalue weighted by molar-refractivity contribution is 0.627. The topological polar surface area (TPSA) is 54.5 Å². The SMILES string of the molecule is N#CCCSc1nnc(C2CC2)n1C1CC1. The maximum Gasteiger partial charge on any atom is 0.191 e. The normalized spacial score (nSPS) is 19.7. The summed E-state index contributed by atoms with van der Waals surface area (Å²) in [6, 6.07) is 2.81. The van der Waals surface area contributed by atoms with Gasteiger partial charge in [-0.25, -0.2) is 0 Å².